The molecular weight excluding hydrogens is 166 g/mol. The summed E-state index contributed by atoms with van der Waals surface area (Å²) in [6.07, 6.45) is 1.96. The van der Waals surface area contributed by atoms with Gasteiger partial charge in [0.1, 0.15) is 6.26 Å². The Balaban J connectivity index is 3.20. The highest BCUT2D eigenvalue weighted by atomic mass is 35.7. The first-order chi connectivity index (χ1) is 4.11. The summed E-state index contributed by atoms with van der Waals surface area (Å²) in [4.78, 5) is 3.30. The maximum Gasteiger partial charge on any atom is 0.281 e. The van der Waals surface area contributed by atoms with E-state index in [0.29, 0.717) is 0 Å². The average Bonchev–Trinajstić information content (AvgIpc) is 2.08. The zero-order chi connectivity index (χ0) is 6.91. The third kappa shape index (κ3) is 1.43. The van der Waals surface area contributed by atoms with Crippen LogP contribution in [0.4, 0.5) is 0 Å². The highest BCUT2D eigenvalue weighted by Gasteiger charge is 2.11. The Morgan fingerprint density at radius 2 is 2.33 bits per heavy atom. The van der Waals surface area contributed by atoms with Gasteiger partial charge in [-0.25, -0.2) is 13.4 Å². The van der Waals surface area contributed by atoms with Crippen molar-refractivity contribution in [2.45, 2.75) is 5.03 Å². The van der Waals surface area contributed by atoms with Crippen LogP contribution in [0.3, 0.4) is 0 Å². The molecule has 0 amide bonds. The lowest BCUT2D eigenvalue weighted by molar-refractivity contribution is 0.553. The van der Waals surface area contributed by atoms with Crippen LogP contribution in [0, 0.1) is 0 Å². The van der Waals surface area contributed by atoms with Crippen molar-refractivity contribution in [2.24, 2.45) is 0 Å². The molecule has 0 N–H and O–H groups in total. The Morgan fingerprint density at radius 1 is 1.67 bits per heavy atom. The standard InChI is InChI=1S/C3H2ClNO3S/c4-9(6,7)3-1-8-2-5-3/h1-2H. The fraction of sp³-hybridized carbons (Fsp3) is 0. The Morgan fingerprint density at radius 3 is 2.56 bits per heavy atom. The molecule has 0 spiro atoms. The maximum absolute atomic E-state index is 10.3. The van der Waals surface area contributed by atoms with Crippen molar-refractivity contribution in [1.29, 1.82) is 0 Å². The van der Waals surface area contributed by atoms with Crippen LogP contribution in [-0.4, -0.2) is 13.4 Å². The normalized spacial score (nSPS) is 11.7. The Labute approximate surface area is 55.9 Å². The minimum atomic E-state index is -3.69. The van der Waals surface area contributed by atoms with Crippen LogP contribution in [0.5, 0.6) is 0 Å². The molecule has 4 nitrogen and oxygen atoms in total. The molecule has 1 aromatic heterocycles. The van der Waals surface area contributed by atoms with Crippen LogP contribution in [0.2, 0.25) is 0 Å². The van der Waals surface area contributed by atoms with Gasteiger partial charge in [-0.05, 0) is 0 Å². The quantitative estimate of drug-likeness (QED) is 0.575. The highest BCUT2D eigenvalue weighted by molar-refractivity contribution is 8.13. The summed E-state index contributed by atoms with van der Waals surface area (Å²) in [5.74, 6) is 0. The van der Waals surface area contributed by atoms with Crippen LogP contribution >= 0.6 is 10.7 Å². The summed E-state index contributed by atoms with van der Waals surface area (Å²) in [5, 5.41) is -0.260. The fourth-order valence-corrected chi connectivity index (χ4v) is 0.890. The van der Waals surface area contributed by atoms with Crippen LogP contribution in [0.25, 0.3) is 0 Å². The predicted octanol–water partition coefficient (Wildman–Crippen LogP) is 0.602. The lowest BCUT2D eigenvalue weighted by atomic mass is 11.0. The Kier molecular flexibility index (Phi) is 1.46. The fourth-order valence-electron chi connectivity index (χ4n) is 0.322. The van der Waals surface area contributed by atoms with Gasteiger partial charge < -0.3 is 4.42 Å². The first kappa shape index (κ1) is 6.57. The first-order valence-corrected chi connectivity index (χ1v) is 4.24. The third-order valence-corrected chi connectivity index (χ3v) is 1.83. The summed E-state index contributed by atoms with van der Waals surface area (Å²) in [6, 6.07) is 0. The maximum atomic E-state index is 10.3. The molecule has 1 aromatic rings. The molecule has 1 rings (SSSR count). The second-order valence-electron chi connectivity index (χ2n) is 1.26. The van der Waals surface area contributed by atoms with Crippen LogP contribution in [0.1, 0.15) is 0 Å². The molecule has 0 fully saturated rings. The van der Waals surface area contributed by atoms with Gasteiger partial charge in [-0.3, -0.25) is 0 Å². The van der Waals surface area contributed by atoms with E-state index in [2.05, 4.69) is 9.40 Å². The van der Waals surface area contributed by atoms with Gasteiger partial charge >= 0.3 is 0 Å². The summed E-state index contributed by atoms with van der Waals surface area (Å²) in [7, 11) is 1.16. The van der Waals surface area contributed by atoms with Gasteiger partial charge in [0.2, 0.25) is 5.03 Å². The van der Waals surface area contributed by atoms with E-state index in [-0.39, 0.29) is 5.03 Å². The number of halogens is 1. The smallest absolute Gasteiger partial charge is 0.281 e. The van der Waals surface area contributed by atoms with E-state index in [0.717, 1.165) is 12.7 Å². The van der Waals surface area contributed by atoms with Gasteiger partial charge in [0.05, 0.1) is 0 Å². The van der Waals surface area contributed by atoms with E-state index < -0.39 is 9.05 Å². The minimum Gasteiger partial charge on any atom is -0.450 e. The van der Waals surface area contributed by atoms with E-state index in [1.807, 2.05) is 0 Å². The molecule has 0 unspecified atom stereocenters. The second kappa shape index (κ2) is 2.00. The van der Waals surface area contributed by atoms with Crippen molar-refractivity contribution >= 4 is 19.7 Å². The van der Waals surface area contributed by atoms with Crippen molar-refractivity contribution in [3.63, 3.8) is 0 Å². The third-order valence-electron chi connectivity index (χ3n) is 0.659. The van der Waals surface area contributed by atoms with Crippen LogP contribution in [0.15, 0.2) is 22.1 Å². The van der Waals surface area contributed by atoms with E-state index in [4.69, 9.17) is 10.7 Å². The molecule has 0 aliphatic carbocycles. The molecular formula is C3H2ClNO3S. The van der Waals surface area contributed by atoms with Crippen LogP contribution < -0.4 is 0 Å². The average molecular weight is 168 g/mol. The number of hydrogen-bond donors (Lipinski definition) is 0. The molecule has 0 aliphatic heterocycles. The minimum absolute atomic E-state index is 0.260. The lowest BCUT2D eigenvalue weighted by Gasteiger charge is -1.80. The number of rotatable bonds is 1. The summed E-state index contributed by atoms with van der Waals surface area (Å²) < 4.78 is 25.0. The summed E-state index contributed by atoms with van der Waals surface area (Å²) in [6.45, 7) is 0. The zero-order valence-corrected chi connectivity index (χ0v) is 5.69. The van der Waals surface area contributed by atoms with Crippen molar-refractivity contribution in [1.82, 2.24) is 4.98 Å². The van der Waals surface area contributed by atoms with E-state index in [9.17, 15) is 8.42 Å². The lowest BCUT2D eigenvalue weighted by Crippen LogP contribution is -1.88. The molecule has 0 aliphatic rings. The molecule has 0 aromatic carbocycles. The first-order valence-electron chi connectivity index (χ1n) is 1.93. The number of aromatic nitrogens is 1. The van der Waals surface area contributed by atoms with E-state index in [1.165, 1.54) is 0 Å². The molecule has 1 heterocycles. The van der Waals surface area contributed by atoms with Gasteiger partial charge in [-0.1, -0.05) is 0 Å². The molecule has 0 saturated heterocycles. The molecule has 9 heavy (non-hydrogen) atoms. The van der Waals surface area contributed by atoms with Crippen LogP contribution in [-0.2, 0) is 9.05 Å². The Bertz CT molecular complexity index is 276. The van der Waals surface area contributed by atoms with E-state index in [1.54, 1.807) is 0 Å². The van der Waals surface area contributed by atoms with E-state index >= 15 is 0 Å². The van der Waals surface area contributed by atoms with Gasteiger partial charge in [0.15, 0.2) is 6.39 Å². The van der Waals surface area contributed by atoms with Crippen molar-refractivity contribution in [3.8, 4) is 0 Å². The molecule has 50 valence electrons. The molecule has 0 atom stereocenters. The molecule has 0 radical (unpaired) electrons. The second-order valence-corrected chi connectivity index (χ2v) is 3.78. The molecule has 0 bridgehead atoms. The zero-order valence-electron chi connectivity index (χ0n) is 4.11. The predicted molar refractivity (Wildman–Crippen MR) is 29.5 cm³/mol. The van der Waals surface area contributed by atoms with Gasteiger partial charge in [0, 0.05) is 10.7 Å². The number of hydrogen-bond acceptors (Lipinski definition) is 4. The largest absolute Gasteiger partial charge is 0.450 e. The molecule has 6 heteroatoms. The monoisotopic (exact) mass is 167 g/mol. The topological polar surface area (TPSA) is 60.2 Å². The molecule has 0 saturated carbocycles. The van der Waals surface area contributed by atoms with Crippen molar-refractivity contribution in [3.05, 3.63) is 12.7 Å². The number of oxazole rings is 1. The van der Waals surface area contributed by atoms with Gasteiger partial charge in [-0.15, -0.1) is 0 Å². The van der Waals surface area contributed by atoms with Gasteiger partial charge in [-0.2, -0.15) is 0 Å². The summed E-state index contributed by atoms with van der Waals surface area (Å²) >= 11 is 0. The van der Waals surface area contributed by atoms with Crippen molar-refractivity contribution < 1.29 is 12.8 Å². The van der Waals surface area contributed by atoms with Crippen molar-refractivity contribution in [2.75, 3.05) is 0 Å². The SMILES string of the molecule is O=S(=O)(Cl)c1cocn1. The highest BCUT2D eigenvalue weighted by Crippen LogP contribution is 2.09. The Hall–Kier alpha value is -0.550. The number of nitrogens with zero attached hydrogens (tertiary/aromatic N) is 1. The summed E-state index contributed by atoms with van der Waals surface area (Å²) in [5.41, 5.74) is 0. The van der Waals surface area contributed by atoms with Gasteiger partial charge in [0.25, 0.3) is 9.05 Å².